The molecule has 0 spiro atoms. The van der Waals surface area contributed by atoms with Crippen molar-refractivity contribution in [3.8, 4) is 5.75 Å². The van der Waals surface area contributed by atoms with Crippen molar-refractivity contribution in [3.05, 3.63) is 29.6 Å². The number of hydrogen-bond donors (Lipinski definition) is 2. The third kappa shape index (κ3) is 5.89. The van der Waals surface area contributed by atoms with Gasteiger partial charge in [0.05, 0.1) is 13.5 Å². The van der Waals surface area contributed by atoms with Crippen LogP contribution >= 0.6 is 0 Å². The zero-order chi connectivity index (χ0) is 15.8. The lowest BCUT2D eigenvalue weighted by Crippen LogP contribution is -2.42. The van der Waals surface area contributed by atoms with Gasteiger partial charge in [-0.3, -0.25) is 25.2 Å². The van der Waals surface area contributed by atoms with Crippen LogP contribution in [0.25, 0.3) is 0 Å². The Morgan fingerprint density at radius 3 is 2.52 bits per heavy atom. The van der Waals surface area contributed by atoms with Crippen molar-refractivity contribution in [2.45, 2.75) is 13.3 Å². The first-order valence-corrected chi connectivity index (χ1v) is 5.96. The minimum Gasteiger partial charge on any atom is -0.494 e. The van der Waals surface area contributed by atoms with Gasteiger partial charge >= 0.3 is 5.97 Å². The van der Waals surface area contributed by atoms with E-state index in [1.807, 2.05) is 10.9 Å². The number of hydrazine groups is 1. The average Bonchev–Trinajstić information content (AvgIpc) is 2.43. The first kappa shape index (κ1) is 16.4. The van der Waals surface area contributed by atoms with Gasteiger partial charge in [-0.2, -0.15) is 0 Å². The Morgan fingerprint density at radius 1 is 1.24 bits per heavy atom. The van der Waals surface area contributed by atoms with Crippen LogP contribution in [-0.4, -0.2) is 31.5 Å². The SMILES string of the molecule is COc1ccc(CC(=O)OCC(=O)NNC(C)=O)cc1F. The van der Waals surface area contributed by atoms with Crippen molar-refractivity contribution in [3.63, 3.8) is 0 Å². The third-order valence-electron chi connectivity index (χ3n) is 2.31. The van der Waals surface area contributed by atoms with E-state index in [1.54, 1.807) is 0 Å². The highest BCUT2D eigenvalue weighted by Gasteiger charge is 2.10. The van der Waals surface area contributed by atoms with E-state index in [9.17, 15) is 18.8 Å². The molecule has 1 aromatic carbocycles. The van der Waals surface area contributed by atoms with Gasteiger partial charge in [-0.15, -0.1) is 0 Å². The highest BCUT2D eigenvalue weighted by Crippen LogP contribution is 2.18. The molecule has 2 N–H and O–H groups in total. The lowest BCUT2D eigenvalue weighted by atomic mass is 10.1. The van der Waals surface area contributed by atoms with Gasteiger partial charge in [0, 0.05) is 6.92 Å². The summed E-state index contributed by atoms with van der Waals surface area (Å²) < 4.78 is 22.8. The molecule has 0 heterocycles. The van der Waals surface area contributed by atoms with Gasteiger partial charge < -0.3 is 9.47 Å². The van der Waals surface area contributed by atoms with E-state index in [0.717, 1.165) is 6.07 Å². The monoisotopic (exact) mass is 298 g/mol. The van der Waals surface area contributed by atoms with Crippen LogP contribution in [0.3, 0.4) is 0 Å². The van der Waals surface area contributed by atoms with Crippen LogP contribution in [-0.2, 0) is 25.5 Å². The molecule has 1 aromatic rings. The number of benzene rings is 1. The number of nitrogens with one attached hydrogen (secondary N) is 2. The van der Waals surface area contributed by atoms with Crippen LogP contribution in [0, 0.1) is 5.82 Å². The highest BCUT2D eigenvalue weighted by atomic mass is 19.1. The Balaban J connectivity index is 2.41. The molecule has 0 aliphatic carbocycles. The molecule has 0 saturated carbocycles. The molecule has 0 atom stereocenters. The van der Waals surface area contributed by atoms with Gasteiger partial charge in [0.25, 0.3) is 5.91 Å². The maximum Gasteiger partial charge on any atom is 0.310 e. The molecule has 8 heteroatoms. The second-order valence-corrected chi connectivity index (χ2v) is 4.04. The number of carbonyl (C=O) groups excluding carboxylic acids is 3. The molecule has 0 fully saturated rings. The fraction of sp³-hybridized carbons (Fsp3) is 0.308. The van der Waals surface area contributed by atoms with Crippen molar-refractivity contribution in [2.75, 3.05) is 13.7 Å². The summed E-state index contributed by atoms with van der Waals surface area (Å²) in [5.41, 5.74) is 4.47. The predicted molar refractivity (Wildman–Crippen MR) is 69.6 cm³/mol. The maximum absolute atomic E-state index is 13.4. The number of carbonyl (C=O) groups is 3. The lowest BCUT2D eigenvalue weighted by Gasteiger charge is -2.07. The highest BCUT2D eigenvalue weighted by molar-refractivity contribution is 5.83. The fourth-order valence-corrected chi connectivity index (χ4v) is 1.38. The quantitative estimate of drug-likeness (QED) is 0.593. The van der Waals surface area contributed by atoms with E-state index in [-0.39, 0.29) is 12.2 Å². The molecule has 0 unspecified atom stereocenters. The standard InChI is InChI=1S/C13H15FN2O5/c1-8(17)15-16-12(18)7-21-13(19)6-9-3-4-11(20-2)10(14)5-9/h3-5H,6-7H2,1-2H3,(H,15,17)(H,16,18). The number of esters is 1. The molecule has 0 aliphatic heterocycles. The second-order valence-electron chi connectivity index (χ2n) is 4.04. The smallest absolute Gasteiger partial charge is 0.310 e. The molecule has 1 rings (SSSR count). The number of halogens is 1. The Hall–Kier alpha value is -2.64. The minimum atomic E-state index is -0.697. The van der Waals surface area contributed by atoms with Crippen LogP contribution in [0.5, 0.6) is 5.75 Å². The molecule has 7 nitrogen and oxygen atoms in total. The van der Waals surface area contributed by atoms with Gasteiger partial charge in [-0.1, -0.05) is 6.07 Å². The molecule has 2 amide bonds. The van der Waals surface area contributed by atoms with Crippen molar-refractivity contribution in [1.82, 2.24) is 10.9 Å². The van der Waals surface area contributed by atoms with Crippen molar-refractivity contribution >= 4 is 17.8 Å². The minimum absolute atomic E-state index is 0.0711. The molecule has 0 saturated heterocycles. The van der Waals surface area contributed by atoms with Gasteiger partial charge in [0.2, 0.25) is 5.91 Å². The van der Waals surface area contributed by atoms with E-state index >= 15 is 0 Å². The van der Waals surface area contributed by atoms with Crippen LogP contribution < -0.4 is 15.6 Å². The summed E-state index contributed by atoms with van der Waals surface area (Å²) in [7, 11) is 1.33. The molecule has 0 radical (unpaired) electrons. The van der Waals surface area contributed by atoms with Crippen molar-refractivity contribution in [2.24, 2.45) is 0 Å². The zero-order valence-corrected chi connectivity index (χ0v) is 11.6. The predicted octanol–water partition coefficient (Wildman–Crippen LogP) is 0.0873. The number of amides is 2. The van der Waals surface area contributed by atoms with Crippen LogP contribution in [0.2, 0.25) is 0 Å². The molecule has 0 bridgehead atoms. The van der Waals surface area contributed by atoms with E-state index < -0.39 is 30.2 Å². The number of methoxy groups -OCH3 is 1. The first-order chi connectivity index (χ1) is 9.92. The summed E-state index contributed by atoms with van der Waals surface area (Å²) in [6.07, 6.45) is -0.186. The Kier molecular flexibility index (Phi) is 6.12. The number of ether oxygens (including phenoxy) is 2. The molecule has 0 aliphatic rings. The first-order valence-electron chi connectivity index (χ1n) is 5.96. The topological polar surface area (TPSA) is 93.7 Å². The van der Waals surface area contributed by atoms with E-state index in [0.29, 0.717) is 5.56 Å². The molecule has 21 heavy (non-hydrogen) atoms. The second kappa shape index (κ2) is 7.83. The summed E-state index contributed by atoms with van der Waals surface area (Å²) in [5, 5.41) is 0. The summed E-state index contributed by atoms with van der Waals surface area (Å²) in [6, 6.07) is 4.06. The van der Waals surface area contributed by atoms with Gasteiger partial charge in [-0.25, -0.2) is 4.39 Å². The van der Waals surface area contributed by atoms with Gasteiger partial charge in [0.15, 0.2) is 18.2 Å². The van der Waals surface area contributed by atoms with Gasteiger partial charge in [-0.05, 0) is 17.7 Å². The molecule has 0 aromatic heterocycles. The number of rotatable bonds is 5. The molecule has 114 valence electrons. The summed E-state index contributed by atoms with van der Waals surface area (Å²) in [4.78, 5) is 33.2. The summed E-state index contributed by atoms with van der Waals surface area (Å²) in [6.45, 7) is 0.669. The van der Waals surface area contributed by atoms with Crippen molar-refractivity contribution in [1.29, 1.82) is 0 Å². The maximum atomic E-state index is 13.4. The normalized spacial score (nSPS) is 9.67. The van der Waals surface area contributed by atoms with Gasteiger partial charge in [0.1, 0.15) is 0 Å². The van der Waals surface area contributed by atoms with Crippen LogP contribution in [0.1, 0.15) is 12.5 Å². The Bertz CT molecular complexity index is 547. The number of hydrogen-bond acceptors (Lipinski definition) is 5. The van der Waals surface area contributed by atoms with Crippen molar-refractivity contribution < 1.29 is 28.2 Å². The van der Waals surface area contributed by atoms with Crippen LogP contribution in [0.4, 0.5) is 4.39 Å². The Morgan fingerprint density at radius 2 is 1.95 bits per heavy atom. The largest absolute Gasteiger partial charge is 0.494 e. The average molecular weight is 298 g/mol. The summed E-state index contributed by atoms with van der Waals surface area (Å²) in [5.74, 6) is -2.35. The fourth-order valence-electron chi connectivity index (χ4n) is 1.38. The zero-order valence-electron chi connectivity index (χ0n) is 11.6. The Labute approximate surface area is 120 Å². The van der Waals surface area contributed by atoms with E-state index in [1.165, 1.54) is 26.2 Å². The lowest BCUT2D eigenvalue weighted by molar-refractivity contribution is -0.148. The van der Waals surface area contributed by atoms with E-state index in [2.05, 4.69) is 4.74 Å². The molecular weight excluding hydrogens is 283 g/mol. The third-order valence-corrected chi connectivity index (χ3v) is 2.31. The molecular formula is C13H15FN2O5. The van der Waals surface area contributed by atoms with Crippen LogP contribution in [0.15, 0.2) is 18.2 Å². The summed E-state index contributed by atoms with van der Waals surface area (Å²) >= 11 is 0. The van der Waals surface area contributed by atoms with E-state index in [4.69, 9.17) is 4.74 Å².